The maximum Gasteiger partial charge on any atom is 0.308 e. The zero-order chi connectivity index (χ0) is 16.1. The minimum absolute atomic E-state index is 0.318. The molecule has 6 nitrogen and oxygen atoms in total. The van der Waals surface area contributed by atoms with Gasteiger partial charge in [-0.15, -0.1) is 0 Å². The quantitative estimate of drug-likeness (QED) is 0.666. The normalized spacial score (nSPS) is 9.86. The number of nitrogens with one attached hydrogen (secondary N) is 1. The van der Waals surface area contributed by atoms with E-state index in [1.165, 1.54) is 31.2 Å². The summed E-state index contributed by atoms with van der Waals surface area (Å²) < 4.78 is 4.89. The van der Waals surface area contributed by atoms with E-state index in [1.807, 2.05) is 0 Å². The third-order valence-corrected chi connectivity index (χ3v) is 2.81. The van der Waals surface area contributed by atoms with E-state index in [1.54, 1.807) is 24.3 Å². The van der Waals surface area contributed by atoms with Crippen molar-refractivity contribution < 1.29 is 19.1 Å². The second kappa shape index (κ2) is 6.53. The second-order valence-corrected chi connectivity index (χ2v) is 4.51. The van der Waals surface area contributed by atoms with Crippen LogP contribution in [0.1, 0.15) is 27.6 Å². The smallest absolute Gasteiger partial charge is 0.308 e. The van der Waals surface area contributed by atoms with Gasteiger partial charge in [0.2, 0.25) is 5.91 Å². The fourth-order valence-corrected chi connectivity index (χ4v) is 1.76. The van der Waals surface area contributed by atoms with Crippen LogP contribution in [0.5, 0.6) is 5.75 Å². The van der Waals surface area contributed by atoms with Crippen LogP contribution in [-0.4, -0.2) is 17.8 Å². The minimum atomic E-state index is -0.529. The molecule has 0 aliphatic rings. The lowest BCUT2D eigenvalue weighted by Crippen LogP contribution is -2.13. The number of ether oxygens (including phenoxy) is 1. The van der Waals surface area contributed by atoms with Crippen LogP contribution in [0.2, 0.25) is 0 Å². The number of hydrogen-bond acceptors (Lipinski definition) is 4. The first-order valence-electron chi connectivity index (χ1n) is 6.45. The summed E-state index contributed by atoms with van der Waals surface area (Å²) in [6.07, 6.45) is 0. The molecule has 3 N–H and O–H groups in total. The summed E-state index contributed by atoms with van der Waals surface area (Å²) in [5.74, 6) is -0.901. The molecule has 0 bridgehead atoms. The van der Waals surface area contributed by atoms with Gasteiger partial charge in [0.05, 0.1) is 0 Å². The molecular formula is C16H14N2O4. The molecule has 0 aliphatic heterocycles. The second-order valence-electron chi connectivity index (χ2n) is 4.51. The fraction of sp³-hybridized carbons (Fsp3) is 0.0625. The van der Waals surface area contributed by atoms with Gasteiger partial charge in [-0.2, -0.15) is 0 Å². The van der Waals surface area contributed by atoms with Gasteiger partial charge in [-0.05, 0) is 48.5 Å². The van der Waals surface area contributed by atoms with Crippen LogP contribution in [0.4, 0.5) is 5.69 Å². The van der Waals surface area contributed by atoms with Crippen LogP contribution < -0.4 is 15.8 Å². The van der Waals surface area contributed by atoms with Crippen LogP contribution >= 0.6 is 0 Å². The summed E-state index contributed by atoms with van der Waals surface area (Å²) in [6.45, 7) is 1.30. The van der Waals surface area contributed by atoms with Gasteiger partial charge < -0.3 is 15.8 Å². The van der Waals surface area contributed by atoms with Gasteiger partial charge in [-0.3, -0.25) is 14.4 Å². The molecule has 6 heteroatoms. The van der Waals surface area contributed by atoms with Crippen molar-refractivity contribution in [2.75, 3.05) is 5.32 Å². The Morgan fingerprint density at radius 1 is 0.909 bits per heavy atom. The highest BCUT2D eigenvalue weighted by molar-refractivity contribution is 6.04. The van der Waals surface area contributed by atoms with Crippen LogP contribution in [0.15, 0.2) is 48.5 Å². The fourth-order valence-electron chi connectivity index (χ4n) is 1.76. The van der Waals surface area contributed by atoms with E-state index in [2.05, 4.69) is 5.32 Å². The van der Waals surface area contributed by atoms with Gasteiger partial charge in [0.15, 0.2) is 0 Å². The molecule has 2 aromatic rings. The molecule has 22 heavy (non-hydrogen) atoms. The van der Waals surface area contributed by atoms with Gasteiger partial charge in [0.1, 0.15) is 5.75 Å². The number of amides is 2. The first-order chi connectivity index (χ1) is 10.5. The van der Waals surface area contributed by atoms with E-state index < -0.39 is 11.9 Å². The van der Waals surface area contributed by atoms with Crippen LogP contribution in [0.25, 0.3) is 0 Å². The third-order valence-electron chi connectivity index (χ3n) is 2.81. The van der Waals surface area contributed by atoms with Crippen molar-refractivity contribution >= 4 is 23.5 Å². The molecule has 0 heterocycles. The lowest BCUT2D eigenvalue weighted by Gasteiger charge is -2.06. The third kappa shape index (κ3) is 3.92. The molecule has 112 valence electrons. The summed E-state index contributed by atoms with van der Waals surface area (Å²) in [7, 11) is 0. The summed E-state index contributed by atoms with van der Waals surface area (Å²) >= 11 is 0. The molecule has 2 amide bonds. The molecule has 0 aromatic heterocycles. The predicted octanol–water partition coefficient (Wildman–Crippen LogP) is 1.96. The number of benzene rings is 2. The summed E-state index contributed by atoms with van der Waals surface area (Å²) in [5, 5.41) is 2.69. The first kappa shape index (κ1) is 15.2. The van der Waals surface area contributed by atoms with Gasteiger partial charge in [0, 0.05) is 23.7 Å². The van der Waals surface area contributed by atoms with Crippen molar-refractivity contribution in [2.24, 2.45) is 5.73 Å². The van der Waals surface area contributed by atoms with E-state index in [0.717, 1.165) is 0 Å². The lowest BCUT2D eigenvalue weighted by molar-refractivity contribution is -0.131. The summed E-state index contributed by atoms with van der Waals surface area (Å²) in [5.41, 5.74) is 6.46. The van der Waals surface area contributed by atoms with Gasteiger partial charge in [-0.1, -0.05) is 0 Å². The Bertz CT molecular complexity index is 706. The van der Waals surface area contributed by atoms with E-state index in [-0.39, 0.29) is 5.91 Å². The van der Waals surface area contributed by atoms with Crippen molar-refractivity contribution in [1.29, 1.82) is 0 Å². The van der Waals surface area contributed by atoms with Crippen molar-refractivity contribution in [1.82, 2.24) is 0 Å². The van der Waals surface area contributed by atoms with Gasteiger partial charge in [0.25, 0.3) is 5.91 Å². The SMILES string of the molecule is CC(=O)Oc1ccc(C(=O)Nc2ccc(C(N)=O)cc2)cc1. The Kier molecular flexibility index (Phi) is 4.53. The number of primary amides is 1. The van der Waals surface area contributed by atoms with E-state index in [9.17, 15) is 14.4 Å². The zero-order valence-electron chi connectivity index (χ0n) is 11.8. The number of rotatable bonds is 4. The molecule has 0 aliphatic carbocycles. The first-order valence-corrected chi connectivity index (χ1v) is 6.45. The monoisotopic (exact) mass is 298 g/mol. The molecule has 0 saturated carbocycles. The number of nitrogens with two attached hydrogens (primary N) is 1. The molecule has 0 atom stereocenters. The number of anilines is 1. The van der Waals surface area contributed by atoms with E-state index in [0.29, 0.717) is 22.6 Å². The Hall–Kier alpha value is -3.15. The average molecular weight is 298 g/mol. The topological polar surface area (TPSA) is 98.5 Å². The molecule has 0 spiro atoms. The highest BCUT2D eigenvalue weighted by atomic mass is 16.5. The molecule has 0 fully saturated rings. The Balaban J connectivity index is 2.05. The summed E-state index contributed by atoms with van der Waals surface area (Å²) in [6, 6.07) is 12.4. The van der Waals surface area contributed by atoms with Gasteiger partial charge in [-0.25, -0.2) is 0 Å². The molecule has 0 unspecified atom stereocenters. The van der Waals surface area contributed by atoms with Gasteiger partial charge >= 0.3 is 5.97 Å². The standard InChI is InChI=1S/C16H14N2O4/c1-10(19)22-14-8-4-12(5-9-14)16(21)18-13-6-2-11(3-7-13)15(17)20/h2-9H,1H3,(H2,17,20)(H,18,21). The number of esters is 1. The van der Waals surface area contributed by atoms with E-state index in [4.69, 9.17) is 10.5 Å². The zero-order valence-corrected chi connectivity index (χ0v) is 11.8. The highest BCUT2D eigenvalue weighted by Gasteiger charge is 2.07. The van der Waals surface area contributed by atoms with Crippen molar-refractivity contribution in [3.63, 3.8) is 0 Å². The number of hydrogen-bond donors (Lipinski definition) is 2. The minimum Gasteiger partial charge on any atom is -0.427 e. The Labute approximate surface area is 126 Å². The van der Waals surface area contributed by atoms with Crippen molar-refractivity contribution in [3.8, 4) is 5.75 Å². The van der Waals surface area contributed by atoms with Crippen LogP contribution in [-0.2, 0) is 4.79 Å². The predicted molar refractivity (Wildman–Crippen MR) is 80.7 cm³/mol. The van der Waals surface area contributed by atoms with Crippen LogP contribution in [0, 0.1) is 0 Å². The number of carbonyl (C=O) groups is 3. The number of carbonyl (C=O) groups excluding carboxylic acids is 3. The molecular weight excluding hydrogens is 284 g/mol. The molecule has 0 saturated heterocycles. The molecule has 2 rings (SSSR count). The molecule has 2 aromatic carbocycles. The Morgan fingerprint density at radius 2 is 1.45 bits per heavy atom. The maximum absolute atomic E-state index is 12.1. The average Bonchev–Trinajstić information content (AvgIpc) is 2.48. The highest BCUT2D eigenvalue weighted by Crippen LogP contribution is 2.15. The lowest BCUT2D eigenvalue weighted by atomic mass is 10.1. The van der Waals surface area contributed by atoms with E-state index >= 15 is 0 Å². The van der Waals surface area contributed by atoms with Crippen molar-refractivity contribution in [2.45, 2.75) is 6.92 Å². The summed E-state index contributed by atoms with van der Waals surface area (Å²) in [4.78, 5) is 33.8. The molecule has 0 radical (unpaired) electrons. The maximum atomic E-state index is 12.1. The Morgan fingerprint density at radius 3 is 1.95 bits per heavy atom. The largest absolute Gasteiger partial charge is 0.427 e. The van der Waals surface area contributed by atoms with Crippen LogP contribution in [0.3, 0.4) is 0 Å². The van der Waals surface area contributed by atoms with Crippen molar-refractivity contribution in [3.05, 3.63) is 59.7 Å².